The molecular weight excluding hydrogens is 224 g/mol. The van der Waals surface area contributed by atoms with Crippen molar-refractivity contribution in [1.82, 2.24) is 10.6 Å². The molecule has 0 atom stereocenters. The maximum atomic E-state index is 3.42. The van der Waals surface area contributed by atoms with E-state index >= 15 is 0 Å². The Kier molecular flexibility index (Phi) is 3.26. The molecule has 2 heterocycles. The molecule has 0 radical (unpaired) electrons. The summed E-state index contributed by atoms with van der Waals surface area (Å²) < 4.78 is 0. The molecule has 0 saturated heterocycles. The van der Waals surface area contributed by atoms with Crippen molar-refractivity contribution in [1.29, 1.82) is 0 Å². The highest BCUT2D eigenvalue weighted by molar-refractivity contribution is 5.99. The lowest BCUT2D eigenvalue weighted by atomic mass is 10.1. The molecule has 0 amide bonds. The first-order valence-corrected chi connectivity index (χ1v) is 6.74. The topological polar surface area (TPSA) is 52.0 Å². The largest absolute Gasteiger partial charge is 0.274 e. The number of hydrogen-bond donors (Lipinski definition) is 4. The Morgan fingerprint density at radius 1 is 0.833 bits per heavy atom. The van der Waals surface area contributed by atoms with Crippen molar-refractivity contribution >= 4 is 11.7 Å². The van der Waals surface area contributed by atoms with Gasteiger partial charge in [0.15, 0.2) is 0 Å². The zero-order chi connectivity index (χ0) is 12.2. The fourth-order valence-electron chi connectivity index (χ4n) is 2.39. The van der Waals surface area contributed by atoms with Gasteiger partial charge < -0.3 is 0 Å². The summed E-state index contributed by atoms with van der Waals surface area (Å²) >= 11 is 0. The zero-order valence-electron chi connectivity index (χ0n) is 10.6. The highest BCUT2D eigenvalue weighted by Crippen LogP contribution is 2.04. The molecule has 0 unspecified atom stereocenters. The van der Waals surface area contributed by atoms with E-state index in [1.807, 2.05) is 0 Å². The van der Waals surface area contributed by atoms with Gasteiger partial charge >= 0.3 is 0 Å². The monoisotopic (exact) mass is 244 g/mol. The number of rotatable bonds is 2. The summed E-state index contributed by atoms with van der Waals surface area (Å²) in [7, 11) is 0. The molecule has 4 heteroatoms. The van der Waals surface area contributed by atoms with Crippen molar-refractivity contribution in [2.45, 2.75) is 12.8 Å². The summed E-state index contributed by atoms with van der Waals surface area (Å²) in [5, 5.41) is 6.84. The van der Waals surface area contributed by atoms with E-state index in [2.05, 4.69) is 44.9 Å². The Labute approximate surface area is 107 Å². The summed E-state index contributed by atoms with van der Waals surface area (Å²) in [6.45, 7) is 4.22. The minimum atomic E-state index is 1.06. The second-order valence-corrected chi connectivity index (χ2v) is 4.75. The van der Waals surface area contributed by atoms with Gasteiger partial charge in [0.25, 0.3) is 11.7 Å². The summed E-state index contributed by atoms with van der Waals surface area (Å²) in [5.41, 5.74) is 2.46. The van der Waals surface area contributed by atoms with Crippen LogP contribution in [0.2, 0.25) is 0 Å². The summed E-state index contributed by atoms with van der Waals surface area (Å²) in [5.74, 6) is 2.30. The molecule has 0 aliphatic carbocycles. The van der Waals surface area contributed by atoms with E-state index in [9.17, 15) is 0 Å². The second kappa shape index (κ2) is 5.21. The molecule has 0 aromatic heterocycles. The van der Waals surface area contributed by atoms with Gasteiger partial charge in [0, 0.05) is 12.8 Å². The van der Waals surface area contributed by atoms with Crippen LogP contribution in [0.25, 0.3) is 0 Å². The van der Waals surface area contributed by atoms with E-state index in [4.69, 9.17) is 0 Å². The molecule has 3 rings (SSSR count). The lowest BCUT2D eigenvalue weighted by molar-refractivity contribution is -0.463. The van der Waals surface area contributed by atoms with E-state index in [0.717, 1.165) is 37.9 Å². The first-order chi connectivity index (χ1) is 8.93. The Morgan fingerprint density at radius 3 is 1.83 bits per heavy atom. The molecule has 2 aliphatic rings. The second-order valence-electron chi connectivity index (χ2n) is 4.75. The van der Waals surface area contributed by atoms with Gasteiger partial charge in [0.1, 0.15) is 0 Å². The van der Waals surface area contributed by atoms with E-state index < -0.39 is 0 Å². The summed E-state index contributed by atoms with van der Waals surface area (Å²) in [6.07, 6.45) is 2.37. The van der Waals surface area contributed by atoms with Gasteiger partial charge in [-0.1, -0.05) is 6.07 Å². The van der Waals surface area contributed by atoms with Crippen molar-refractivity contribution in [3.05, 3.63) is 35.4 Å². The van der Waals surface area contributed by atoms with Crippen LogP contribution in [-0.2, 0) is 0 Å². The predicted octanol–water partition coefficient (Wildman–Crippen LogP) is -2.67. The highest BCUT2D eigenvalue weighted by atomic mass is 15.0. The van der Waals surface area contributed by atoms with Crippen molar-refractivity contribution in [3.8, 4) is 0 Å². The van der Waals surface area contributed by atoms with Crippen molar-refractivity contribution in [3.63, 3.8) is 0 Å². The van der Waals surface area contributed by atoms with Gasteiger partial charge in [0.2, 0.25) is 0 Å². The van der Waals surface area contributed by atoms with Crippen LogP contribution < -0.4 is 20.6 Å². The minimum Gasteiger partial charge on any atom is -0.274 e. The number of nitrogens with one attached hydrogen (secondary N) is 4. The van der Waals surface area contributed by atoms with Crippen LogP contribution in [0, 0.1) is 0 Å². The molecule has 4 nitrogen and oxygen atoms in total. The van der Waals surface area contributed by atoms with E-state index in [-0.39, 0.29) is 0 Å². The first kappa shape index (κ1) is 11.3. The molecule has 94 valence electrons. The molecule has 0 saturated carbocycles. The number of benzene rings is 1. The van der Waals surface area contributed by atoms with Crippen LogP contribution in [0.1, 0.15) is 24.0 Å². The Morgan fingerprint density at radius 2 is 1.39 bits per heavy atom. The lowest BCUT2D eigenvalue weighted by Crippen LogP contribution is -2.79. The molecule has 18 heavy (non-hydrogen) atoms. The lowest BCUT2D eigenvalue weighted by Gasteiger charge is -2.11. The average molecular weight is 244 g/mol. The average Bonchev–Trinajstić information content (AvgIpc) is 2.49. The third kappa shape index (κ3) is 2.37. The maximum absolute atomic E-state index is 3.42. The third-order valence-corrected chi connectivity index (χ3v) is 3.35. The number of amidine groups is 2. The van der Waals surface area contributed by atoms with Gasteiger partial charge in [-0.15, -0.1) is 0 Å². The summed E-state index contributed by atoms with van der Waals surface area (Å²) in [6, 6.07) is 8.63. The minimum absolute atomic E-state index is 1.06. The number of hydrogen-bond acceptors (Lipinski definition) is 2. The van der Waals surface area contributed by atoms with E-state index in [1.165, 1.54) is 24.0 Å². The van der Waals surface area contributed by atoms with Crippen LogP contribution in [0.4, 0.5) is 0 Å². The molecule has 1 aromatic rings. The molecule has 4 N–H and O–H groups in total. The fourth-order valence-corrected chi connectivity index (χ4v) is 2.39. The Bertz CT molecular complexity index is 449. The third-order valence-electron chi connectivity index (χ3n) is 3.35. The van der Waals surface area contributed by atoms with Gasteiger partial charge in [-0.05, 0) is 18.2 Å². The molecule has 0 spiro atoms. The standard InChI is InChI=1S/C14H18N4/c1-4-11(13-15-6-2-7-16-13)10-12(5-1)14-17-8-3-9-18-14/h1,4-5,10H,2-3,6-9H2,(H,15,16)(H,17,18)/p+2. The quantitative estimate of drug-likeness (QED) is 0.459. The van der Waals surface area contributed by atoms with Crippen LogP contribution in [0.15, 0.2) is 24.3 Å². The fraction of sp³-hybridized carbons (Fsp3) is 0.429. The first-order valence-electron chi connectivity index (χ1n) is 6.74. The van der Waals surface area contributed by atoms with Crippen molar-refractivity contribution in [2.24, 2.45) is 0 Å². The predicted molar refractivity (Wildman–Crippen MR) is 71.6 cm³/mol. The zero-order valence-corrected chi connectivity index (χ0v) is 10.6. The van der Waals surface area contributed by atoms with Crippen LogP contribution in [0.5, 0.6) is 0 Å². The Balaban J connectivity index is 1.88. The van der Waals surface area contributed by atoms with Crippen LogP contribution in [0.3, 0.4) is 0 Å². The van der Waals surface area contributed by atoms with Gasteiger partial charge in [-0.3, -0.25) is 20.6 Å². The normalized spacial score (nSPS) is 19.3. The SMILES string of the molecule is c1cc(C2=[NH+]CCCN2)cc(C2=[NH+]CCCN2)c1. The van der Waals surface area contributed by atoms with Gasteiger partial charge in [0.05, 0.1) is 37.3 Å². The van der Waals surface area contributed by atoms with Crippen LogP contribution in [-0.4, -0.2) is 37.9 Å². The highest BCUT2D eigenvalue weighted by Gasteiger charge is 2.17. The maximum Gasteiger partial charge on any atom is 0.274 e. The molecule has 0 bridgehead atoms. The van der Waals surface area contributed by atoms with E-state index in [0.29, 0.717) is 0 Å². The Hall–Kier alpha value is -1.84. The van der Waals surface area contributed by atoms with Crippen molar-refractivity contribution in [2.75, 3.05) is 26.2 Å². The van der Waals surface area contributed by atoms with Gasteiger partial charge in [-0.25, -0.2) is 0 Å². The molecule has 0 fully saturated rings. The molecule has 1 aromatic carbocycles. The molecular formula is C14H20N4+2. The molecule has 2 aliphatic heterocycles. The van der Waals surface area contributed by atoms with E-state index in [1.54, 1.807) is 0 Å². The van der Waals surface area contributed by atoms with Crippen molar-refractivity contribution < 1.29 is 9.98 Å². The van der Waals surface area contributed by atoms with Gasteiger partial charge in [-0.2, -0.15) is 0 Å². The van der Waals surface area contributed by atoms with Crippen LogP contribution >= 0.6 is 0 Å². The smallest absolute Gasteiger partial charge is 0.274 e. The summed E-state index contributed by atoms with van der Waals surface area (Å²) in [4.78, 5) is 6.84.